The summed E-state index contributed by atoms with van der Waals surface area (Å²) in [6.45, 7) is 14.2. The number of carbonyl (C=O) groups is 2. The summed E-state index contributed by atoms with van der Waals surface area (Å²) in [4.78, 5) is 33.5. The molecular weight excluding hydrogens is 354 g/mol. The molecule has 3 heterocycles. The van der Waals surface area contributed by atoms with Crippen LogP contribution in [0.15, 0.2) is 6.07 Å². The van der Waals surface area contributed by atoms with Gasteiger partial charge in [-0.3, -0.25) is 9.59 Å². The van der Waals surface area contributed by atoms with Gasteiger partial charge in [-0.15, -0.1) is 0 Å². The van der Waals surface area contributed by atoms with E-state index in [0.29, 0.717) is 39.0 Å². The molecule has 0 bridgehead atoms. The third-order valence-corrected chi connectivity index (χ3v) is 5.44. The quantitative estimate of drug-likeness (QED) is 0.813. The average molecular weight is 386 g/mol. The molecule has 0 aromatic carbocycles. The Balaban J connectivity index is 1.61. The number of aromatic nitrogens is 3. The van der Waals surface area contributed by atoms with E-state index in [2.05, 4.69) is 10.1 Å². The molecule has 0 atom stereocenters. The van der Waals surface area contributed by atoms with Crippen molar-refractivity contribution < 1.29 is 9.59 Å². The molecule has 0 spiro atoms. The van der Waals surface area contributed by atoms with Crippen LogP contribution < -0.4 is 0 Å². The predicted molar refractivity (Wildman–Crippen MR) is 108 cm³/mol. The highest BCUT2D eigenvalue weighted by molar-refractivity contribution is 5.82. The van der Waals surface area contributed by atoms with Gasteiger partial charge in [-0.2, -0.15) is 5.10 Å². The molecule has 1 saturated heterocycles. The van der Waals surface area contributed by atoms with E-state index in [1.807, 2.05) is 61.9 Å². The van der Waals surface area contributed by atoms with Crippen molar-refractivity contribution in [3.8, 4) is 0 Å². The van der Waals surface area contributed by atoms with Crippen molar-refractivity contribution in [3.63, 3.8) is 0 Å². The lowest BCUT2D eigenvalue weighted by molar-refractivity contribution is -0.144. The highest BCUT2D eigenvalue weighted by Gasteiger charge is 2.30. The fraction of sp³-hybridized carbons (Fsp3) is 0.619. The van der Waals surface area contributed by atoms with Crippen molar-refractivity contribution >= 4 is 17.5 Å². The van der Waals surface area contributed by atoms with Crippen molar-refractivity contribution in [2.24, 2.45) is 5.41 Å². The highest BCUT2D eigenvalue weighted by Crippen LogP contribution is 2.20. The van der Waals surface area contributed by atoms with E-state index in [0.717, 1.165) is 28.3 Å². The van der Waals surface area contributed by atoms with Crippen LogP contribution >= 0.6 is 0 Å². The number of piperazine rings is 1. The Bertz CT molecular complexity index is 902. The third-order valence-electron chi connectivity index (χ3n) is 5.44. The Kier molecular flexibility index (Phi) is 5.46. The molecule has 0 unspecified atom stereocenters. The van der Waals surface area contributed by atoms with Gasteiger partial charge in [0.15, 0.2) is 5.65 Å². The summed E-state index contributed by atoms with van der Waals surface area (Å²) in [5, 5.41) is 4.50. The van der Waals surface area contributed by atoms with Crippen LogP contribution in [0.2, 0.25) is 0 Å². The van der Waals surface area contributed by atoms with Gasteiger partial charge in [-0.05, 0) is 32.8 Å². The number of amides is 2. The number of rotatable bonds is 3. The zero-order valence-electron chi connectivity index (χ0n) is 17.9. The van der Waals surface area contributed by atoms with E-state index in [4.69, 9.17) is 0 Å². The number of hydrogen-bond acceptors (Lipinski definition) is 4. The van der Waals surface area contributed by atoms with Crippen LogP contribution in [0.3, 0.4) is 0 Å². The minimum Gasteiger partial charge on any atom is -0.339 e. The molecule has 152 valence electrons. The minimum atomic E-state index is -0.377. The largest absolute Gasteiger partial charge is 0.339 e. The number of nitrogens with zero attached hydrogens (tertiary/aromatic N) is 5. The third kappa shape index (κ3) is 4.03. The van der Waals surface area contributed by atoms with E-state index in [1.54, 1.807) is 0 Å². The lowest BCUT2D eigenvalue weighted by atomic mass is 9.94. The zero-order chi connectivity index (χ0) is 20.6. The van der Waals surface area contributed by atoms with Crippen LogP contribution in [0.25, 0.3) is 5.65 Å². The summed E-state index contributed by atoms with van der Waals surface area (Å²) in [6, 6.07) is 1.97. The van der Waals surface area contributed by atoms with Gasteiger partial charge in [-0.1, -0.05) is 20.8 Å². The van der Waals surface area contributed by atoms with E-state index >= 15 is 0 Å². The first-order valence-electron chi connectivity index (χ1n) is 9.97. The first kappa shape index (κ1) is 20.3. The molecule has 1 fully saturated rings. The summed E-state index contributed by atoms with van der Waals surface area (Å²) in [6.07, 6.45) is 1.10. The molecule has 7 heteroatoms. The van der Waals surface area contributed by atoms with Gasteiger partial charge in [0.2, 0.25) is 11.8 Å². The second-order valence-corrected chi connectivity index (χ2v) is 8.74. The molecule has 0 saturated carbocycles. The Hall–Kier alpha value is -2.44. The van der Waals surface area contributed by atoms with Crippen LogP contribution in [0.1, 0.15) is 49.8 Å². The SMILES string of the molecule is Cc1cc2nc(C)c(CCC(=O)N3CCN(C(=O)C(C)(C)C)CC3)c(C)n2n1. The first-order chi connectivity index (χ1) is 13.1. The minimum absolute atomic E-state index is 0.137. The fourth-order valence-electron chi connectivity index (χ4n) is 3.83. The summed E-state index contributed by atoms with van der Waals surface area (Å²) < 4.78 is 1.86. The Labute approximate surface area is 166 Å². The maximum Gasteiger partial charge on any atom is 0.228 e. The molecule has 0 N–H and O–H groups in total. The molecule has 2 amide bonds. The van der Waals surface area contributed by atoms with E-state index in [9.17, 15) is 9.59 Å². The van der Waals surface area contributed by atoms with Crippen molar-refractivity contribution in [2.75, 3.05) is 26.2 Å². The van der Waals surface area contributed by atoms with Gasteiger partial charge in [0.05, 0.1) is 5.69 Å². The van der Waals surface area contributed by atoms with E-state index < -0.39 is 0 Å². The Morgan fingerprint density at radius 2 is 1.64 bits per heavy atom. The van der Waals surface area contributed by atoms with Gasteiger partial charge in [0, 0.05) is 55.5 Å². The van der Waals surface area contributed by atoms with Crippen LogP contribution in [-0.4, -0.2) is 62.4 Å². The standard InChI is InChI=1S/C21H31N5O2/c1-14-13-18-22-15(2)17(16(3)26(18)23-14)7-8-19(27)24-9-11-25(12-10-24)20(28)21(4,5)6/h13H,7-12H2,1-6H3. The molecular formula is C21H31N5O2. The van der Waals surface area contributed by atoms with Crippen molar-refractivity contribution in [1.29, 1.82) is 0 Å². The van der Waals surface area contributed by atoms with Crippen molar-refractivity contribution in [3.05, 3.63) is 28.7 Å². The van der Waals surface area contributed by atoms with Gasteiger partial charge in [0.1, 0.15) is 0 Å². The van der Waals surface area contributed by atoms with Crippen LogP contribution in [0.4, 0.5) is 0 Å². The number of carbonyl (C=O) groups excluding carboxylic acids is 2. The maximum atomic E-state index is 12.7. The fourth-order valence-corrected chi connectivity index (χ4v) is 3.83. The molecule has 28 heavy (non-hydrogen) atoms. The summed E-state index contributed by atoms with van der Waals surface area (Å²) in [5.74, 6) is 0.290. The monoisotopic (exact) mass is 385 g/mol. The lowest BCUT2D eigenvalue weighted by Gasteiger charge is -2.37. The first-order valence-corrected chi connectivity index (χ1v) is 9.97. The smallest absolute Gasteiger partial charge is 0.228 e. The number of hydrogen-bond donors (Lipinski definition) is 0. The normalized spacial score (nSPS) is 15.4. The van der Waals surface area contributed by atoms with Crippen molar-refractivity contribution in [1.82, 2.24) is 24.4 Å². The van der Waals surface area contributed by atoms with Crippen molar-refractivity contribution in [2.45, 2.75) is 54.4 Å². The Morgan fingerprint density at radius 1 is 1.04 bits per heavy atom. The van der Waals surface area contributed by atoms with Gasteiger partial charge in [0.25, 0.3) is 0 Å². The summed E-state index contributed by atoms with van der Waals surface area (Å²) in [7, 11) is 0. The number of aryl methyl sites for hydroxylation is 3. The topological polar surface area (TPSA) is 70.8 Å². The predicted octanol–water partition coefficient (Wildman–Crippen LogP) is 2.30. The average Bonchev–Trinajstić information content (AvgIpc) is 3.00. The zero-order valence-corrected chi connectivity index (χ0v) is 17.9. The summed E-state index contributed by atoms with van der Waals surface area (Å²) >= 11 is 0. The van der Waals surface area contributed by atoms with E-state index in [1.165, 1.54) is 0 Å². The van der Waals surface area contributed by atoms with E-state index in [-0.39, 0.29) is 17.2 Å². The highest BCUT2D eigenvalue weighted by atomic mass is 16.2. The second-order valence-electron chi connectivity index (χ2n) is 8.74. The van der Waals surface area contributed by atoms with Crippen LogP contribution in [0.5, 0.6) is 0 Å². The van der Waals surface area contributed by atoms with Crippen LogP contribution in [-0.2, 0) is 16.0 Å². The number of fused-ring (bicyclic) bond motifs is 1. The van der Waals surface area contributed by atoms with Crippen LogP contribution in [0, 0.1) is 26.2 Å². The molecule has 0 radical (unpaired) electrons. The second kappa shape index (κ2) is 7.53. The molecule has 0 aliphatic carbocycles. The van der Waals surface area contributed by atoms with Gasteiger partial charge < -0.3 is 9.80 Å². The molecule has 1 aliphatic rings. The lowest BCUT2D eigenvalue weighted by Crippen LogP contribution is -2.53. The van der Waals surface area contributed by atoms with Gasteiger partial charge >= 0.3 is 0 Å². The van der Waals surface area contributed by atoms with Gasteiger partial charge in [-0.25, -0.2) is 9.50 Å². The molecule has 3 rings (SSSR count). The maximum absolute atomic E-state index is 12.7. The Morgan fingerprint density at radius 3 is 2.25 bits per heavy atom. The molecule has 1 aliphatic heterocycles. The molecule has 2 aromatic rings. The molecule has 2 aromatic heterocycles. The summed E-state index contributed by atoms with van der Waals surface area (Å²) in [5.41, 5.74) is 4.50. The molecule has 7 nitrogen and oxygen atoms in total.